The molecule has 5 nitrogen and oxygen atoms in total. The molecule has 0 radical (unpaired) electrons. The number of aromatic nitrogens is 2. The van der Waals surface area contributed by atoms with E-state index >= 15 is 0 Å². The smallest absolute Gasteiger partial charge is 0.193 e. The van der Waals surface area contributed by atoms with Crippen molar-refractivity contribution in [2.75, 3.05) is 20.6 Å². The molecule has 0 amide bonds. The van der Waals surface area contributed by atoms with E-state index in [-0.39, 0.29) is 29.8 Å². The van der Waals surface area contributed by atoms with Gasteiger partial charge in [-0.3, -0.25) is 4.99 Å². The van der Waals surface area contributed by atoms with Crippen LogP contribution in [0.15, 0.2) is 34.8 Å². The third-order valence-electron chi connectivity index (χ3n) is 4.05. The van der Waals surface area contributed by atoms with Crippen LogP contribution in [-0.2, 0) is 13.0 Å². The summed E-state index contributed by atoms with van der Waals surface area (Å²) < 4.78 is 13.5. The van der Waals surface area contributed by atoms with Crippen molar-refractivity contribution in [2.24, 2.45) is 4.99 Å². The Labute approximate surface area is 173 Å². The highest BCUT2D eigenvalue weighted by atomic mass is 127. The number of benzene rings is 1. The molecule has 0 aliphatic heterocycles. The zero-order valence-electron chi connectivity index (χ0n) is 15.0. The Bertz CT molecular complexity index is 889. The van der Waals surface area contributed by atoms with E-state index in [0.29, 0.717) is 6.54 Å². The number of nitrogens with zero attached hydrogens (tertiary/aromatic N) is 3. The Morgan fingerprint density at radius 1 is 1.42 bits per heavy atom. The molecule has 0 fully saturated rings. The molecule has 2 aromatic heterocycles. The molecule has 3 aromatic rings. The number of halogens is 2. The minimum atomic E-state index is -0.213. The lowest BCUT2D eigenvalue weighted by Gasteiger charge is -2.21. The monoisotopic (exact) mass is 487 g/mol. The third kappa shape index (κ3) is 4.94. The number of aliphatic imine (C=N–C) groups is 1. The predicted octanol–water partition coefficient (Wildman–Crippen LogP) is 3.94. The normalized spacial score (nSPS) is 11.5. The molecule has 8 heteroatoms. The number of hydrogen-bond acceptors (Lipinski definition) is 3. The molecule has 1 aromatic carbocycles. The summed E-state index contributed by atoms with van der Waals surface area (Å²) in [6.45, 7) is 3.43. The van der Waals surface area contributed by atoms with Crippen molar-refractivity contribution < 1.29 is 4.39 Å². The average Bonchev–Trinajstić information content (AvgIpc) is 3.17. The van der Waals surface area contributed by atoms with Crippen LogP contribution in [0.25, 0.3) is 10.9 Å². The topological polar surface area (TPSA) is 56.3 Å². The van der Waals surface area contributed by atoms with Crippen molar-refractivity contribution in [2.45, 2.75) is 19.9 Å². The highest BCUT2D eigenvalue weighted by Crippen LogP contribution is 2.19. The molecule has 2 N–H and O–H groups in total. The largest absolute Gasteiger partial charge is 0.361 e. The molecule has 0 aliphatic carbocycles. The number of rotatable bonds is 5. The van der Waals surface area contributed by atoms with Crippen LogP contribution in [0.4, 0.5) is 4.39 Å². The first-order chi connectivity index (χ1) is 12.1. The number of fused-ring (bicyclic) bond motifs is 1. The molecule has 3 rings (SSSR count). The molecule has 2 heterocycles. The van der Waals surface area contributed by atoms with Crippen molar-refractivity contribution in [1.82, 2.24) is 20.2 Å². The average molecular weight is 487 g/mol. The van der Waals surface area contributed by atoms with Crippen molar-refractivity contribution in [3.05, 3.63) is 51.9 Å². The van der Waals surface area contributed by atoms with Gasteiger partial charge in [-0.2, -0.15) is 0 Å². The summed E-state index contributed by atoms with van der Waals surface area (Å²) in [7, 11) is 3.76. The summed E-state index contributed by atoms with van der Waals surface area (Å²) in [4.78, 5) is 14.0. The summed E-state index contributed by atoms with van der Waals surface area (Å²) in [5.74, 6) is 0.604. The molecule has 140 valence electrons. The molecule has 0 bridgehead atoms. The first kappa shape index (κ1) is 20.6. The van der Waals surface area contributed by atoms with Gasteiger partial charge < -0.3 is 15.2 Å². The lowest BCUT2D eigenvalue weighted by molar-refractivity contribution is 0.471. The molecule has 0 saturated heterocycles. The van der Waals surface area contributed by atoms with Gasteiger partial charge in [0.2, 0.25) is 0 Å². The zero-order chi connectivity index (χ0) is 17.8. The van der Waals surface area contributed by atoms with Crippen LogP contribution in [0, 0.1) is 12.7 Å². The van der Waals surface area contributed by atoms with E-state index in [2.05, 4.69) is 25.7 Å². The maximum atomic E-state index is 13.5. The molecule has 0 aliphatic rings. The fourth-order valence-electron chi connectivity index (χ4n) is 2.85. The molecule has 26 heavy (non-hydrogen) atoms. The van der Waals surface area contributed by atoms with Crippen molar-refractivity contribution in [1.29, 1.82) is 0 Å². The lowest BCUT2D eigenvalue weighted by Crippen LogP contribution is -2.39. The summed E-state index contributed by atoms with van der Waals surface area (Å²) >= 11 is 1.65. The number of thiazole rings is 1. The van der Waals surface area contributed by atoms with E-state index in [9.17, 15) is 4.39 Å². The second-order valence-corrected chi connectivity index (χ2v) is 7.00. The molecule has 0 unspecified atom stereocenters. The van der Waals surface area contributed by atoms with Gasteiger partial charge in [0, 0.05) is 43.1 Å². The summed E-state index contributed by atoms with van der Waals surface area (Å²) in [5.41, 5.74) is 3.09. The van der Waals surface area contributed by atoms with E-state index in [1.54, 1.807) is 30.5 Å². The van der Waals surface area contributed by atoms with Gasteiger partial charge in [-0.25, -0.2) is 9.37 Å². The van der Waals surface area contributed by atoms with E-state index in [1.165, 1.54) is 6.07 Å². The number of guanidine groups is 1. The van der Waals surface area contributed by atoms with E-state index in [4.69, 9.17) is 0 Å². The van der Waals surface area contributed by atoms with Crippen LogP contribution >= 0.6 is 35.3 Å². The highest BCUT2D eigenvalue weighted by molar-refractivity contribution is 14.0. The van der Waals surface area contributed by atoms with Gasteiger partial charge in [0.1, 0.15) is 5.82 Å². The molecule has 0 saturated carbocycles. The standard InChI is InChI=1S/C18H22FN5S.HI/c1-12-23-15(11-25-12)10-24(3)18(20-2)21-7-6-13-9-22-17-5-4-14(19)8-16(13)17;/h4-5,8-9,11,22H,6-7,10H2,1-3H3,(H,20,21);1H. The number of nitrogens with one attached hydrogen (secondary N) is 2. The fraction of sp³-hybridized carbons (Fsp3) is 0.333. The van der Waals surface area contributed by atoms with Gasteiger partial charge in [-0.1, -0.05) is 0 Å². The maximum Gasteiger partial charge on any atom is 0.193 e. The Morgan fingerprint density at radius 2 is 2.23 bits per heavy atom. The highest BCUT2D eigenvalue weighted by Gasteiger charge is 2.09. The zero-order valence-corrected chi connectivity index (χ0v) is 18.2. The van der Waals surface area contributed by atoms with E-state index < -0.39 is 0 Å². The van der Waals surface area contributed by atoms with Crippen molar-refractivity contribution in [3.8, 4) is 0 Å². The van der Waals surface area contributed by atoms with Gasteiger partial charge in [0.25, 0.3) is 0 Å². The second kappa shape index (κ2) is 9.31. The third-order valence-corrected chi connectivity index (χ3v) is 4.87. The van der Waals surface area contributed by atoms with Crippen LogP contribution in [0.5, 0.6) is 0 Å². The lowest BCUT2D eigenvalue weighted by atomic mass is 10.1. The van der Waals surface area contributed by atoms with E-state index in [1.807, 2.05) is 25.1 Å². The Kier molecular flexibility index (Phi) is 7.39. The van der Waals surface area contributed by atoms with Crippen LogP contribution < -0.4 is 5.32 Å². The maximum absolute atomic E-state index is 13.5. The minimum absolute atomic E-state index is 0. The molecular formula is C18H23FIN5S. The Hall–Kier alpha value is -1.68. The van der Waals surface area contributed by atoms with Crippen molar-refractivity contribution >= 4 is 52.2 Å². The van der Waals surface area contributed by atoms with E-state index in [0.717, 1.165) is 46.1 Å². The summed E-state index contributed by atoms with van der Waals surface area (Å²) in [6, 6.07) is 4.81. The first-order valence-corrected chi connectivity index (χ1v) is 9.03. The molecule has 0 spiro atoms. The van der Waals surface area contributed by atoms with Gasteiger partial charge in [-0.05, 0) is 37.1 Å². The van der Waals surface area contributed by atoms with Gasteiger partial charge in [0.05, 0.1) is 17.2 Å². The van der Waals surface area contributed by atoms with Crippen LogP contribution in [-0.4, -0.2) is 41.5 Å². The number of aryl methyl sites for hydroxylation is 1. The second-order valence-electron chi connectivity index (χ2n) is 5.94. The van der Waals surface area contributed by atoms with Gasteiger partial charge >= 0.3 is 0 Å². The van der Waals surface area contributed by atoms with Crippen LogP contribution in [0.2, 0.25) is 0 Å². The van der Waals surface area contributed by atoms with Crippen LogP contribution in [0.1, 0.15) is 16.3 Å². The Morgan fingerprint density at radius 3 is 2.92 bits per heavy atom. The number of aromatic amines is 1. The summed E-state index contributed by atoms with van der Waals surface area (Å²) in [5, 5.41) is 7.43. The number of H-pyrrole nitrogens is 1. The Balaban J connectivity index is 0.00000243. The molecule has 0 atom stereocenters. The SMILES string of the molecule is CN=C(NCCc1c[nH]c2ccc(F)cc12)N(C)Cc1csc(C)n1.I. The molecular weight excluding hydrogens is 464 g/mol. The van der Waals surface area contributed by atoms with Crippen molar-refractivity contribution in [3.63, 3.8) is 0 Å². The fourth-order valence-corrected chi connectivity index (χ4v) is 3.45. The minimum Gasteiger partial charge on any atom is -0.361 e. The van der Waals surface area contributed by atoms with Crippen LogP contribution in [0.3, 0.4) is 0 Å². The predicted molar refractivity (Wildman–Crippen MR) is 117 cm³/mol. The number of hydrogen-bond donors (Lipinski definition) is 2. The summed E-state index contributed by atoms with van der Waals surface area (Å²) in [6.07, 6.45) is 2.72. The quantitative estimate of drug-likeness (QED) is 0.326. The first-order valence-electron chi connectivity index (χ1n) is 8.15. The van der Waals surface area contributed by atoms with Gasteiger partial charge in [0.15, 0.2) is 5.96 Å². The van der Waals surface area contributed by atoms with Gasteiger partial charge in [-0.15, -0.1) is 35.3 Å².